The van der Waals surface area contributed by atoms with Crippen molar-refractivity contribution < 1.29 is 18.9 Å². The molecule has 0 aromatic heterocycles. The van der Waals surface area contributed by atoms with Crippen LogP contribution in [0.4, 0.5) is 0 Å². The highest BCUT2D eigenvalue weighted by Gasteiger charge is 2.22. The second-order valence-corrected chi connectivity index (χ2v) is 4.25. The standard InChI is InChI=1S/C14H21ClO4/c1-4-17-14(18-5-2)13(16-3)10-19-12-8-6-11(15)7-9-12/h6-9,13-14H,4-5,10H2,1-3H3. The van der Waals surface area contributed by atoms with Gasteiger partial charge >= 0.3 is 0 Å². The van der Waals surface area contributed by atoms with Gasteiger partial charge in [-0.15, -0.1) is 0 Å². The van der Waals surface area contributed by atoms with Gasteiger partial charge in [0.05, 0.1) is 0 Å². The van der Waals surface area contributed by atoms with Gasteiger partial charge in [-0.2, -0.15) is 0 Å². The Morgan fingerprint density at radius 3 is 2.11 bits per heavy atom. The van der Waals surface area contributed by atoms with Crippen LogP contribution in [0.5, 0.6) is 5.75 Å². The van der Waals surface area contributed by atoms with E-state index in [1.54, 1.807) is 19.2 Å². The average Bonchev–Trinajstić information content (AvgIpc) is 2.42. The van der Waals surface area contributed by atoms with Crippen LogP contribution in [-0.2, 0) is 14.2 Å². The van der Waals surface area contributed by atoms with E-state index in [1.165, 1.54) is 0 Å². The minimum Gasteiger partial charge on any atom is -0.491 e. The maximum Gasteiger partial charge on any atom is 0.186 e. The van der Waals surface area contributed by atoms with Gasteiger partial charge in [0.25, 0.3) is 0 Å². The van der Waals surface area contributed by atoms with E-state index in [1.807, 2.05) is 26.0 Å². The van der Waals surface area contributed by atoms with Crippen molar-refractivity contribution in [2.45, 2.75) is 26.2 Å². The summed E-state index contributed by atoms with van der Waals surface area (Å²) in [6.07, 6.45) is -0.706. The van der Waals surface area contributed by atoms with E-state index in [2.05, 4.69) is 0 Å². The Morgan fingerprint density at radius 1 is 1.05 bits per heavy atom. The van der Waals surface area contributed by atoms with Crippen LogP contribution in [0, 0.1) is 0 Å². The molecule has 0 saturated heterocycles. The number of rotatable bonds is 9. The van der Waals surface area contributed by atoms with Gasteiger partial charge in [0.1, 0.15) is 18.5 Å². The fourth-order valence-corrected chi connectivity index (χ4v) is 1.68. The summed E-state index contributed by atoms with van der Waals surface area (Å²) in [7, 11) is 1.61. The number of hydrogen-bond donors (Lipinski definition) is 0. The zero-order valence-electron chi connectivity index (χ0n) is 11.6. The van der Waals surface area contributed by atoms with Crippen molar-refractivity contribution in [2.75, 3.05) is 26.9 Å². The summed E-state index contributed by atoms with van der Waals surface area (Å²) in [5.74, 6) is 0.734. The summed E-state index contributed by atoms with van der Waals surface area (Å²) >= 11 is 5.81. The average molecular weight is 289 g/mol. The van der Waals surface area contributed by atoms with Gasteiger partial charge in [-0.05, 0) is 38.1 Å². The molecule has 0 fully saturated rings. The molecule has 5 heteroatoms. The maximum atomic E-state index is 5.81. The highest BCUT2D eigenvalue weighted by Crippen LogP contribution is 2.16. The van der Waals surface area contributed by atoms with Crippen molar-refractivity contribution in [3.63, 3.8) is 0 Å². The lowest BCUT2D eigenvalue weighted by Crippen LogP contribution is -2.38. The minimum atomic E-state index is -0.424. The molecule has 0 heterocycles. The van der Waals surface area contributed by atoms with E-state index in [9.17, 15) is 0 Å². The van der Waals surface area contributed by atoms with Crippen molar-refractivity contribution in [3.8, 4) is 5.75 Å². The third kappa shape index (κ3) is 5.78. The lowest BCUT2D eigenvalue weighted by Gasteiger charge is -2.25. The Hall–Kier alpha value is -0.810. The molecule has 0 amide bonds. The van der Waals surface area contributed by atoms with Crippen molar-refractivity contribution in [1.82, 2.24) is 0 Å². The smallest absolute Gasteiger partial charge is 0.186 e. The van der Waals surface area contributed by atoms with Crippen molar-refractivity contribution in [1.29, 1.82) is 0 Å². The van der Waals surface area contributed by atoms with Crippen molar-refractivity contribution in [2.24, 2.45) is 0 Å². The van der Waals surface area contributed by atoms with Crippen LogP contribution in [0.3, 0.4) is 0 Å². The van der Waals surface area contributed by atoms with Crippen LogP contribution >= 0.6 is 11.6 Å². The number of halogens is 1. The van der Waals surface area contributed by atoms with Crippen LogP contribution in [0.25, 0.3) is 0 Å². The first-order valence-corrected chi connectivity index (χ1v) is 6.73. The zero-order valence-corrected chi connectivity index (χ0v) is 12.4. The monoisotopic (exact) mass is 288 g/mol. The Balaban J connectivity index is 2.52. The van der Waals surface area contributed by atoms with Crippen LogP contribution in [0.15, 0.2) is 24.3 Å². The lowest BCUT2D eigenvalue weighted by atomic mass is 10.3. The van der Waals surface area contributed by atoms with E-state index in [0.29, 0.717) is 24.8 Å². The third-order valence-corrected chi connectivity index (χ3v) is 2.75. The number of methoxy groups -OCH3 is 1. The first-order valence-electron chi connectivity index (χ1n) is 6.35. The molecule has 1 aromatic carbocycles. The summed E-state index contributed by atoms with van der Waals surface area (Å²) < 4.78 is 22.0. The molecule has 4 nitrogen and oxygen atoms in total. The normalized spacial score (nSPS) is 12.7. The second kappa shape index (κ2) is 9.15. The molecule has 1 aromatic rings. The van der Waals surface area contributed by atoms with E-state index in [0.717, 1.165) is 5.75 Å². The molecule has 0 bridgehead atoms. The highest BCUT2D eigenvalue weighted by molar-refractivity contribution is 6.30. The summed E-state index contributed by atoms with van der Waals surface area (Å²) in [6, 6.07) is 7.18. The van der Waals surface area contributed by atoms with Gasteiger partial charge in [-0.1, -0.05) is 11.6 Å². The SMILES string of the molecule is CCOC(OCC)C(COc1ccc(Cl)cc1)OC. The highest BCUT2D eigenvalue weighted by atomic mass is 35.5. The maximum absolute atomic E-state index is 5.81. The molecular weight excluding hydrogens is 268 g/mol. The Kier molecular flexibility index (Phi) is 7.82. The van der Waals surface area contributed by atoms with Crippen LogP contribution in [-0.4, -0.2) is 39.3 Å². The van der Waals surface area contributed by atoms with Crippen LogP contribution in [0.1, 0.15) is 13.8 Å². The molecule has 19 heavy (non-hydrogen) atoms. The zero-order chi connectivity index (χ0) is 14.1. The number of hydrogen-bond acceptors (Lipinski definition) is 4. The molecule has 1 rings (SSSR count). The van der Waals surface area contributed by atoms with Gasteiger partial charge < -0.3 is 18.9 Å². The van der Waals surface area contributed by atoms with Gasteiger partial charge in [0.15, 0.2) is 6.29 Å². The molecule has 0 aliphatic carbocycles. The van der Waals surface area contributed by atoms with E-state index >= 15 is 0 Å². The van der Waals surface area contributed by atoms with Crippen molar-refractivity contribution >= 4 is 11.6 Å². The topological polar surface area (TPSA) is 36.9 Å². The fourth-order valence-electron chi connectivity index (χ4n) is 1.56. The Bertz CT molecular complexity index is 336. The minimum absolute atomic E-state index is 0.282. The second-order valence-electron chi connectivity index (χ2n) is 3.82. The predicted octanol–water partition coefficient (Wildman–Crippen LogP) is 3.13. The largest absolute Gasteiger partial charge is 0.491 e. The summed E-state index contributed by atoms with van der Waals surface area (Å²) in [5.41, 5.74) is 0. The van der Waals surface area contributed by atoms with E-state index in [4.69, 9.17) is 30.5 Å². The van der Waals surface area contributed by atoms with E-state index in [-0.39, 0.29) is 6.10 Å². The van der Waals surface area contributed by atoms with Crippen LogP contribution in [0.2, 0.25) is 5.02 Å². The number of ether oxygens (including phenoxy) is 4. The molecule has 0 aliphatic heterocycles. The summed E-state index contributed by atoms with van der Waals surface area (Å²) in [4.78, 5) is 0. The molecule has 1 unspecified atom stereocenters. The quantitative estimate of drug-likeness (QED) is 0.654. The molecule has 0 saturated carbocycles. The molecule has 0 aliphatic rings. The van der Waals surface area contributed by atoms with Crippen LogP contribution < -0.4 is 4.74 Å². The number of benzene rings is 1. The van der Waals surface area contributed by atoms with Gasteiger partial charge in [-0.3, -0.25) is 0 Å². The Morgan fingerprint density at radius 2 is 1.63 bits per heavy atom. The summed E-state index contributed by atoms with van der Waals surface area (Å²) in [6.45, 7) is 5.30. The molecule has 0 spiro atoms. The van der Waals surface area contributed by atoms with Crippen molar-refractivity contribution in [3.05, 3.63) is 29.3 Å². The fraction of sp³-hybridized carbons (Fsp3) is 0.571. The van der Waals surface area contributed by atoms with Gasteiger partial charge in [0.2, 0.25) is 0 Å². The lowest BCUT2D eigenvalue weighted by molar-refractivity contribution is -0.202. The van der Waals surface area contributed by atoms with Gasteiger partial charge in [-0.25, -0.2) is 0 Å². The Labute approximate surface area is 119 Å². The van der Waals surface area contributed by atoms with E-state index < -0.39 is 6.29 Å². The molecule has 1 atom stereocenters. The predicted molar refractivity (Wildman–Crippen MR) is 74.8 cm³/mol. The molecule has 0 N–H and O–H groups in total. The van der Waals surface area contributed by atoms with Gasteiger partial charge in [0, 0.05) is 25.3 Å². The first kappa shape index (κ1) is 16.2. The first-order chi connectivity index (χ1) is 9.21. The molecule has 0 radical (unpaired) electrons. The molecular formula is C14H21ClO4. The summed E-state index contributed by atoms with van der Waals surface area (Å²) in [5, 5.41) is 0.678. The molecule has 108 valence electrons. The third-order valence-electron chi connectivity index (χ3n) is 2.50.